The lowest BCUT2D eigenvalue weighted by molar-refractivity contribution is -0.119. The summed E-state index contributed by atoms with van der Waals surface area (Å²) < 4.78 is 38.3. The lowest BCUT2D eigenvalue weighted by atomic mass is 10.1. The Morgan fingerprint density at radius 2 is 2.00 bits per heavy atom. The first-order chi connectivity index (χ1) is 9.46. The molecule has 0 unspecified atom stereocenters. The highest BCUT2D eigenvalue weighted by Gasteiger charge is 2.38. The highest BCUT2D eigenvalue weighted by atomic mass is 19.4. The number of nitrogen functional groups attached to an aromatic ring is 1. The zero-order valence-electron chi connectivity index (χ0n) is 10.7. The SMILES string of the molecule is Nc1ccc(N(CC(F)(F)F)C2CC2)c2ncccc12. The lowest BCUT2D eigenvalue weighted by Crippen LogP contribution is -2.36. The molecular formula is C14H14F3N3. The Bertz CT molecular complexity index is 635. The second kappa shape index (κ2) is 4.54. The van der Waals surface area contributed by atoms with E-state index in [1.54, 1.807) is 30.5 Å². The van der Waals surface area contributed by atoms with Crippen LogP contribution in [0.2, 0.25) is 0 Å². The molecule has 1 aromatic heterocycles. The Kier molecular flexibility index (Phi) is 2.96. The number of fused-ring (bicyclic) bond motifs is 1. The molecule has 2 aromatic rings. The number of alkyl halides is 3. The van der Waals surface area contributed by atoms with Crippen LogP contribution in [-0.2, 0) is 0 Å². The first-order valence-corrected chi connectivity index (χ1v) is 6.42. The summed E-state index contributed by atoms with van der Waals surface area (Å²) in [5.74, 6) is 0. The molecule has 2 N–H and O–H groups in total. The molecule has 1 saturated carbocycles. The number of nitrogens with zero attached hydrogens (tertiary/aromatic N) is 2. The van der Waals surface area contributed by atoms with Crippen molar-refractivity contribution in [3.63, 3.8) is 0 Å². The number of halogens is 3. The molecule has 3 nitrogen and oxygen atoms in total. The summed E-state index contributed by atoms with van der Waals surface area (Å²) in [7, 11) is 0. The zero-order valence-corrected chi connectivity index (χ0v) is 10.7. The van der Waals surface area contributed by atoms with Gasteiger partial charge >= 0.3 is 6.18 Å². The highest BCUT2D eigenvalue weighted by Crippen LogP contribution is 2.38. The number of hydrogen-bond acceptors (Lipinski definition) is 3. The van der Waals surface area contributed by atoms with Crippen molar-refractivity contribution in [1.82, 2.24) is 4.98 Å². The van der Waals surface area contributed by atoms with Crippen LogP contribution in [0.25, 0.3) is 10.9 Å². The fraction of sp³-hybridized carbons (Fsp3) is 0.357. The van der Waals surface area contributed by atoms with Gasteiger partial charge in [-0.3, -0.25) is 4.98 Å². The molecule has 3 rings (SSSR count). The van der Waals surface area contributed by atoms with Gasteiger partial charge in [0.15, 0.2) is 0 Å². The van der Waals surface area contributed by atoms with E-state index in [4.69, 9.17) is 5.73 Å². The van der Waals surface area contributed by atoms with Crippen molar-refractivity contribution >= 4 is 22.3 Å². The van der Waals surface area contributed by atoms with E-state index in [0.29, 0.717) is 22.3 Å². The van der Waals surface area contributed by atoms with Gasteiger partial charge in [-0.25, -0.2) is 0 Å². The standard InChI is InChI=1S/C14H14F3N3/c15-14(16,17)8-20(9-3-4-9)12-6-5-11(18)10-2-1-7-19-13(10)12/h1-2,5-7,9H,3-4,8,18H2. The van der Waals surface area contributed by atoms with Crippen LogP contribution in [0.3, 0.4) is 0 Å². The third-order valence-corrected chi connectivity index (χ3v) is 3.43. The Balaban J connectivity index is 2.09. The molecule has 0 saturated heterocycles. The molecule has 1 heterocycles. The van der Waals surface area contributed by atoms with E-state index in [0.717, 1.165) is 12.8 Å². The quantitative estimate of drug-likeness (QED) is 0.877. The summed E-state index contributed by atoms with van der Waals surface area (Å²) in [6, 6.07) is 6.73. The predicted octanol–water partition coefficient (Wildman–Crippen LogP) is 3.35. The van der Waals surface area contributed by atoms with Gasteiger partial charge in [0.1, 0.15) is 6.54 Å². The molecule has 0 amide bonds. The highest BCUT2D eigenvalue weighted by molar-refractivity contribution is 5.98. The van der Waals surface area contributed by atoms with Crippen molar-refractivity contribution in [1.29, 1.82) is 0 Å². The fourth-order valence-corrected chi connectivity index (χ4v) is 2.40. The van der Waals surface area contributed by atoms with Gasteiger partial charge in [0, 0.05) is 23.3 Å². The van der Waals surface area contributed by atoms with Crippen molar-refractivity contribution in [3.8, 4) is 0 Å². The van der Waals surface area contributed by atoms with E-state index in [1.807, 2.05) is 0 Å². The molecular weight excluding hydrogens is 267 g/mol. The summed E-state index contributed by atoms with van der Waals surface area (Å²) in [6.07, 6.45) is -1.08. The summed E-state index contributed by atoms with van der Waals surface area (Å²) in [6.45, 7) is -0.951. The van der Waals surface area contributed by atoms with Gasteiger partial charge in [-0.2, -0.15) is 13.2 Å². The van der Waals surface area contributed by atoms with Crippen LogP contribution in [0.5, 0.6) is 0 Å². The first-order valence-electron chi connectivity index (χ1n) is 6.42. The van der Waals surface area contributed by atoms with E-state index < -0.39 is 12.7 Å². The van der Waals surface area contributed by atoms with Crippen LogP contribution in [0.15, 0.2) is 30.5 Å². The third-order valence-electron chi connectivity index (χ3n) is 3.43. The summed E-state index contributed by atoms with van der Waals surface area (Å²) in [5.41, 5.74) is 7.43. The van der Waals surface area contributed by atoms with Gasteiger partial charge in [0.05, 0.1) is 11.2 Å². The van der Waals surface area contributed by atoms with Crippen LogP contribution >= 0.6 is 0 Å². The number of benzene rings is 1. The second-order valence-electron chi connectivity index (χ2n) is 5.05. The van der Waals surface area contributed by atoms with Gasteiger partial charge in [-0.05, 0) is 37.1 Å². The van der Waals surface area contributed by atoms with E-state index in [1.165, 1.54) is 4.90 Å². The predicted molar refractivity (Wildman–Crippen MR) is 72.6 cm³/mol. The van der Waals surface area contributed by atoms with Crippen LogP contribution in [0.4, 0.5) is 24.5 Å². The maximum Gasteiger partial charge on any atom is 0.405 e. The number of anilines is 2. The first kappa shape index (κ1) is 13.0. The Hall–Kier alpha value is -1.98. The van der Waals surface area contributed by atoms with Gasteiger partial charge < -0.3 is 10.6 Å². The van der Waals surface area contributed by atoms with Crippen molar-refractivity contribution < 1.29 is 13.2 Å². The molecule has 1 aromatic carbocycles. The van der Waals surface area contributed by atoms with Gasteiger partial charge in [0.2, 0.25) is 0 Å². The van der Waals surface area contributed by atoms with Crippen molar-refractivity contribution in [2.24, 2.45) is 0 Å². The molecule has 0 spiro atoms. The number of hydrogen-bond donors (Lipinski definition) is 1. The van der Waals surface area contributed by atoms with Crippen molar-refractivity contribution in [3.05, 3.63) is 30.5 Å². The molecule has 1 aliphatic carbocycles. The summed E-state index contributed by atoms with van der Waals surface area (Å²) >= 11 is 0. The third kappa shape index (κ3) is 2.50. The minimum Gasteiger partial charge on any atom is -0.398 e. The Labute approximate surface area is 114 Å². The number of nitrogens with two attached hydrogens (primary N) is 1. The second-order valence-corrected chi connectivity index (χ2v) is 5.05. The maximum absolute atomic E-state index is 12.8. The normalized spacial score (nSPS) is 15.6. The van der Waals surface area contributed by atoms with Crippen LogP contribution in [0, 0.1) is 0 Å². The monoisotopic (exact) mass is 281 g/mol. The average Bonchev–Trinajstić information content (AvgIpc) is 3.20. The van der Waals surface area contributed by atoms with E-state index >= 15 is 0 Å². The molecule has 0 radical (unpaired) electrons. The Morgan fingerprint density at radius 1 is 1.25 bits per heavy atom. The van der Waals surface area contributed by atoms with Crippen molar-refractivity contribution in [2.75, 3.05) is 17.2 Å². The topological polar surface area (TPSA) is 42.1 Å². The largest absolute Gasteiger partial charge is 0.405 e. The van der Waals surface area contributed by atoms with E-state index in [2.05, 4.69) is 4.98 Å². The Morgan fingerprint density at radius 3 is 2.65 bits per heavy atom. The van der Waals surface area contributed by atoms with Crippen LogP contribution in [0.1, 0.15) is 12.8 Å². The number of rotatable bonds is 3. The number of pyridine rings is 1. The molecule has 0 bridgehead atoms. The molecule has 1 fully saturated rings. The molecule has 1 aliphatic rings. The smallest absolute Gasteiger partial charge is 0.398 e. The van der Waals surface area contributed by atoms with E-state index in [9.17, 15) is 13.2 Å². The minimum absolute atomic E-state index is 0.0505. The van der Waals surface area contributed by atoms with Crippen molar-refractivity contribution in [2.45, 2.75) is 25.1 Å². The number of aromatic nitrogens is 1. The van der Waals surface area contributed by atoms with Crippen LogP contribution in [-0.4, -0.2) is 23.7 Å². The molecule has 0 aliphatic heterocycles. The molecule has 106 valence electrons. The molecule has 0 atom stereocenters. The minimum atomic E-state index is -4.23. The van der Waals surface area contributed by atoms with Gasteiger partial charge in [0.25, 0.3) is 0 Å². The van der Waals surface area contributed by atoms with Gasteiger partial charge in [-0.1, -0.05) is 0 Å². The summed E-state index contributed by atoms with van der Waals surface area (Å²) in [5, 5.41) is 0.692. The fourth-order valence-electron chi connectivity index (χ4n) is 2.40. The van der Waals surface area contributed by atoms with E-state index in [-0.39, 0.29) is 6.04 Å². The lowest BCUT2D eigenvalue weighted by Gasteiger charge is -2.27. The average molecular weight is 281 g/mol. The zero-order chi connectivity index (χ0) is 14.3. The molecule has 6 heteroatoms. The van der Waals surface area contributed by atoms with Crippen LogP contribution < -0.4 is 10.6 Å². The maximum atomic E-state index is 12.8. The molecule has 20 heavy (non-hydrogen) atoms. The summed E-state index contributed by atoms with van der Waals surface area (Å²) in [4.78, 5) is 5.61. The van der Waals surface area contributed by atoms with Gasteiger partial charge in [-0.15, -0.1) is 0 Å².